The van der Waals surface area contributed by atoms with Gasteiger partial charge in [0.15, 0.2) is 0 Å². The normalized spacial score (nSPS) is 13.2. The van der Waals surface area contributed by atoms with Gasteiger partial charge in [-0.1, -0.05) is 43.6 Å². The molecule has 1 N–H and O–H groups in total. The highest BCUT2D eigenvalue weighted by atomic mass is 79.9. The van der Waals surface area contributed by atoms with Gasteiger partial charge in [-0.15, -0.1) is 0 Å². The van der Waals surface area contributed by atoms with E-state index in [0.717, 1.165) is 21.3 Å². The second-order valence-corrected chi connectivity index (χ2v) is 7.24. The molecule has 0 bridgehead atoms. The number of hydrogen-bond acceptors (Lipinski definition) is 1. The number of benzene rings is 1. The van der Waals surface area contributed by atoms with E-state index in [1.807, 2.05) is 26.0 Å². The number of nitrogens with one attached hydrogen (secondary N) is 1. The third kappa shape index (κ3) is 4.64. The van der Waals surface area contributed by atoms with Crippen LogP contribution in [0.5, 0.6) is 0 Å². The minimum Gasteiger partial charge on any atom is -0.326 e. The van der Waals surface area contributed by atoms with Crippen LogP contribution in [0.15, 0.2) is 16.6 Å². The fourth-order valence-corrected chi connectivity index (χ4v) is 2.04. The molecule has 2 nitrogen and oxygen atoms in total. The number of carbonyl (C=O) groups excluding carboxylic acids is 1. The van der Waals surface area contributed by atoms with E-state index in [0.29, 0.717) is 12.3 Å². The topological polar surface area (TPSA) is 29.1 Å². The highest BCUT2D eigenvalue weighted by Crippen LogP contribution is 2.29. The molecule has 0 aliphatic heterocycles. The molecule has 1 aromatic carbocycles. The fraction of sp³-hybridized carbons (Fsp3) is 0.562. The summed E-state index contributed by atoms with van der Waals surface area (Å²) in [6.45, 7) is 12.7. The van der Waals surface area contributed by atoms with E-state index in [-0.39, 0.29) is 11.3 Å². The van der Waals surface area contributed by atoms with Crippen LogP contribution in [0, 0.1) is 25.2 Å². The summed E-state index contributed by atoms with van der Waals surface area (Å²) >= 11 is 3.53. The first-order valence-corrected chi connectivity index (χ1v) is 7.47. The van der Waals surface area contributed by atoms with Gasteiger partial charge in [-0.3, -0.25) is 4.79 Å². The van der Waals surface area contributed by atoms with Crippen LogP contribution in [-0.2, 0) is 4.79 Å². The molecule has 0 aromatic heterocycles. The molecule has 0 heterocycles. The van der Waals surface area contributed by atoms with Gasteiger partial charge in [0, 0.05) is 16.6 Å². The summed E-state index contributed by atoms with van der Waals surface area (Å²) in [6.07, 6.45) is 0.553. The third-order valence-electron chi connectivity index (χ3n) is 3.69. The van der Waals surface area contributed by atoms with Crippen LogP contribution in [0.1, 0.15) is 45.2 Å². The van der Waals surface area contributed by atoms with Crippen molar-refractivity contribution < 1.29 is 4.79 Å². The van der Waals surface area contributed by atoms with Crippen molar-refractivity contribution in [3.05, 3.63) is 27.7 Å². The maximum Gasteiger partial charge on any atom is 0.224 e. The molecule has 0 saturated heterocycles. The Balaban J connectivity index is 2.73. The lowest BCUT2D eigenvalue weighted by atomic mass is 9.80. The average Bonchev–Trinajstić information content (AvgIpc) is 2.24. The number of aryl methyl sites for hydroxylation is 2. The Morgan fingerprint density at radius 2 is 1.74 bits per heavy atom. The summed E-state index contributed by atoms with van der Waals surface area (Å²) in [5.41, 5.74) is 3.31. The number of hydrogen-bond donors (Lipinski definition) is 1. The van der Waals surface area contributed by atoms with Crippen LogP contribution in [-0.4, -0.2) is 5.91 Å². The Hall–Kier alpha value is -0.830. The fourth-order valence-electron chi connectivity index (χ4n) is 1.81. The molecule has 0 aliphatic carbocycles. The Morgan fingerprint density at radius 3 is 2.16 bits per heavy atom. The lowest BCUT2D eigenvalue weighted by molar-refractivity contribution is -0.117. The minimum absolute atomic E-state index is 0.0866. The zero-order valence-electron chi connectivity index (χ0n) is 12.7. The number of halogens is 1. The maximum atomic E-state index is 12.1. The molecule has 1 aromatic rings. The van der Waals surface area contributed by atoms with Gasteiger partial charge in [-0.25, -0.2) is 0 Å². The molecule has 0 fully saturated rings. The molecule has 0 spiro atoms. The smallest absolute Gasteiger partial charge is 0.224 e. The van der Waals surface area contributed by atoms with E-state index in [9.17, 15) is 4.79 Å². The van der Waals surface area contributed by atoms with Crippen molar-refractivity contribution in [1.29, 1.82) is 0 Å². The summed E-state index contributed by atoms with van der Waals surface area (Å²) in [7, 11) is 0. The molecule has 106 valence electrons. The van der Waals surface area contributed by atoms with E-state index < -0.39 is 0 Å². The second kappa shape index (κ2) is 6.08. The monoisotopic (exact) mass is 325 g/mol. The SMILES string of the molecule is Cc1cc(NC(=O)CC(C)C(C)(C)C)cc(C)c1Br. The summed E-state index contributed by atoms with van der Waals surface area (Å²) in [4.78, 5) is 12.1. The molecule has 1 atom stereocenters. The van der Waals surface area contributed by atoms with E-state index in [4.69, 9.17) is 0 Å². The first-order valence-electron chi connectivity index (χ1n) is 6.68. The predicted molar refractivity (Wildman–Crippen MR) is 85.5 cm³/mol. The quantitative estimate of drug-likeness (QED) is 0.825. The van der Waals surface area contributed by atoms with E-state index in [2.05, 4.69) is 48.9 Å². The summed E-state index contributed by atoms with van der Waals surface area (Å²) in [5, 5.41) is 2.99. The summed E-state index contributed by atoms with van der Waals surface area (Å²) < 4.78 is 1.11. The van der Waals surface area contributed by atoms with Crippen molar-refractivity contribution in [3.8, 4) is 0 Å². The molecule has 19 heavy (non-hydrogen) atoms. The number of rotatable bonds is 3. The Kier molecular flexibility index (Phi) is 5.19. The lowest BCUT2D eigenvalue weighted by Gasteiger charge is -2.26. The van der Waals surface area contributed by atoms with Crippen molar-refractivity contribution in [1.82, 2.24) is 0 Å². The number of anilines is 1. The Labute approximate surface area is 125 Å². The molecular weight excluding hydrogens is 302 g/mol. The van der Waals surface area contributed by atoms with Crippen LogP contribution in [0.4, 0.5) is 5.69 Å². The van der Waals surface area contributed by atoms with E-state index >= 15 is 0 Å². The molecule has 0 aliphatic rings. The zero-order valence-corrected chi connectivity index (χ0v) is 14.3. The molecule has 0 saturated carbocycles. The molecule has 1 rings (SSSR count). The van der Waals surface area contributed by atoms with E-state index in [1.165, 1.54) is 0 Å². The lowest BCUT2D eigenvalue weighted by Crippen LogP contribution is -2.24. The number of carbonyl (C=O) groups is 1. The van der Waals surface area contributed by atoms with Gasteiger partial charge in [0.2, 0.25) is 5.91 Å². The molecule has 1 unspecified atom stereocenters. The van der Waals surface area contributed by atoms with Crippen LogP contribution in [0.25, 0.3) is 0 Å². The summed E-state index contributed by atoms with van der Waals surface area (Å²) in [5.74, 6) is 0.439. The number of amides is 1. The highest BCUT2D eigenvalue weighted by Gasteiger charge is 2.22. The predicted octanol–water partition coefficient (Wildman–Crippen LogP) is 5.08. The van der Waals surface area contributed by atoms with Gasteiger partial charge in [0.1, 0.15) is 0 Å². The first-order chi connectivity index (χ1) is 8.61. The van der Waals surface area contributed by atoms with Gasteiger partial charge < -0.3 is 5.32 Å². The molecular formula is C16H24BrNO. The van der Waals surface area contributed by atoms with Crippen LogP contribution in [0.3, 0.4) is 0 Å². The molecule has 0 radical (unpaired) electrons. The standard InChI is InChI=1S/C16H24BrNO/c1-10-7-13(8-11(2)15(10)17)18-14(19)9-12(3)16(4,5)6/h7-8,12H,9H2,1-6H3,(H,18,19). The van der Waals surface area contributed by atoms with Crippen molar-refractivity contribution in [3.63, 3.8) is 0 Å². The van der Waals surface area contributed by atoms with Gasteiger partial charge in [-0.05, 0) is 48.4 Å². The first kappa shape index (κ1) is 16.2. The van der Waals surface area contributed by atoms with E-state index in [1.54, 1.807) is 0 Å². The van der Waals surface area contributed by atoms with Crippen LogP contribution >= 0.6 is 15.9 Å². The maximum absolute atomic E-state index is 12.1. The van der Waals surface area contributed by atoms with Crippen LogP contribution in [0.2, 0.25) is 0 Å². The van der Waals surface area contributed by atoms with Gasteiger partial charge in [0.25, 0.3) is 0 Å². The molecule has 3 heteroatoms. The van der Waals surface area contributed by atoms with Crippen molar-refractivity contribution in [2.75, 3.05) is 5.32 Å². The van der Waals surface area contributed by atoms with Gasteiger partial charge >= 0.3 is 0 Å². The van der Waals surface area contributed by atoms with Crippen molar-refractivity contribution in [2.45, 2.75) is 48.0 Å². The van der Waals surface area contributed by atoms with Gasteiger partial charge in [0.05, 0.1) is 0 Å². The Morgan fingerprint density at radius 1 is 1.26 bits per heavy atom. The van der Waals surface area contributed by atoms with Crippen molar-refractivity contribution in [2.24, 2.45) is 11.3 Å². The third-order valence-corrected chi connectivity index (χ3v) is 4.94. The average molecular weight is 326 g/mol. The molecule has 1 amide bonds. The largest absolute Gasteiger partial charge is 0.326 e. The van der Waals surface area contributed by atoms with Gasteiger partial charge in [-0.2, -0.15) is 0 Å². The highest BCUT2D eigenvalue weighted by molar-refractivity contribution is 9.10. The Bertz CT molecular complexity index is 451. The van der Waals surface area contributed by atoms with Crippen molar-refractivity contribution >= 4 is 27.5 Å². The minimum atomic E-state index is 0.0866. The zero-order chi connectivity index (χ0) is 14.8. The van der Waals surface area contributed by atoms with Crippen LogP contribution < -0.4 is 5.32 Å². The summed E-state index contributed by atoms with van der Waals surface area (Å²) in [6, 6.07) is 3.99. The second-order valence-electron chi connectivity index (χ2n) is 6.44.